The number of aromatic nitrogens is 3. The number of benzene rings is 1. The number of alkyl halides is 1. The molecule has 78 valence electrons. The molecular weight excluding hydrogens is 201 g/mol. The summed E-state index contributed by atoms with van der Waals surface area (Å²) in [7, 11) is 1.66. The highest BCUT2D eigenvalue weighted by Gasteiger charge is 2.22. The number of nitrogens with zero attached hydrogens (tertiary/aromatic N) is 3. The summed E-state index contributed by atoms with van der Waals surface area (Å²) in [5.74, 6) is -1.52. The number of rotatable bonds is 2. The molecule has 1 unspecified atom stereocenters. The number of hydrogen-bond acceptors (Lipinski definition) is 3. The maximum absolute atomic E-state index is 13.3. The van der Waals surface area contributed by atoms with Crippen molar-refractivity contribution in [1.82, 2.24) is 15.0 Å². The Morgan fingerprint density at radius 3 is 3.00 bits per heavy atom. The summed E-state index contributed by atoms with van der Waals surface area (Å²) in [6.07, 6.45) is -2.06. The van der Waals surface area contributed by atoms with Gasteiger partial charge in [0.05, 0.1) is 5.52 Å². The number of fused-ring (bicyclic) bond motifs is 1. The van der Waals surface area contributed by atoms with Crippen molar-refractivity contribution in [2.45, 2.75) is 6.17 Å². The van der Waals surface area contributed by atoms with Crippen LogP contribution in [0.25, 0.3) is 11.0 Å². The van der Waals surface area contributed by atoms with Crippen LogP contribution < -0.4 is 0 Å². The quantitative estimate of drug-likeness (QED) is 0.803. The first-order chi connectivity index (χ1) is 7.11. The number of carboxylic acid groups (broad SMARTS) is 1. The number of carbonyl (C=O) groups is 1. The van der Waals surface area contributed by atoms with Crippen LogP contribution in [0.3, 0.4) is 0 Å². The second kappa shape index (κ2) is 3.30. The lowest BCUT2D eigenvalue weighted by Gasteiger charge is -2.03. The Morgan fingerprint density at radius 2 is 2.33 bits per heavy atom. The van der Waals surface area contributed by atoms with E-state index in [1.165, 1.54) is 10.7 Å². The zero-order chi connectivity index (χ0) is 11.0. The molecule has 6 heteroatoms. The highest BCUT2D eigenvalue weighted by molar-refractivity contribution is 5.85. The molecule has 0 bridgehead atoms. The molecule has 0 aliphatic rings. The molecule has 5 nitrogen and oxygen atoms in total. The Balaban J connectivity index is 2.66. The molecule has 2 aromatic rings. The molecule has 1 atom stereocenters. The van der Waals surface area contributed by atoms with Crippen LogP contribution in [0.2, 0.25) is 0 Å². The minimum absolute atomic E-state index is 0.0353. The molecule has 1 N–H and O–H groups in total. The van der Waals surface area contributed by atoms with Crippen molar-refractivity contribution in [3.63, 3.8) is 0 Å². The van der Waals surface area contributed by atoms with Crippen molar-refractivity contribution in [2.24, 2.45) is 7.05 Å². The normalized spacial score (nSPS) is 12.9. The van der Waals surface area contributed by atoms with Crippen molar-refractivity contribution in [3.05, 3.63) is 23.8 Å². The van der Waals surface area contributed by atoms with Gasteiger partial charge in [0, 0.05) is 12.6 Å². The van der Waals surface area contributed by atoms with Gasteiger partial charge in [-0.3, -0.25) is 0 Å². The lowest BCUT2D eigenvalue weighted by Crippen LogP contribution is -2.06. The number of aliphatic carboxylic acids is 1. The molecule has 1 heterocycles. The third kappa shape index (κ3) is 1.43. The summed E-state index contributed by atoms with van der Waals surface area (Å²) < 4.78 is 14.8. The summed E-state index contributed by atoms with van der Waals surface area (Å²) in [5.41, 5.74) is 0.930. The average Bonchev–Trinajstić information content (AvgIpc) is 2.59. The summed E-state index contributed by atoms with van der Waals surface area (Å²) in [5, 5.41) is 16.0. The Bertz CT molecular complexity index is 523. The van der Waals surface area contributed by atoms with Crippen molar-refractivity contribution in [1.29, 1.82) is 0 Å². The maximum Gasteiger partial charge on any atom is 0.343 e. The summed E-state index contributed by atoms with van der Waals surface area (Å²) in [6, 6.07) is 4.68. The van der Waals surface area contributed by atoms with Gasteiger partial charge in [0.2, 0.25) is 6.17 Å². The average molecular weight is 209 g/mol. The molecule has 0 saturated carbocycles. The first-order valence-corrected chi connectivity index (χ1v) is 4.26. The smallest absolute Gasteiger partial charge is 0.343 e. The van der Waals surface area contributed by atoms with Crippen LogP contribution >= 0.6 is 0 Å². The van der Waals surface area contributed by atoms with Crippen LogP contribution in [0.1, 0.15) is 11.7 Å². The molecule has 0 aliphatic heterocycles. The third-order valence-corrected chi connectivity index (χ3v) is 2.16. The van der Waals surface area contributed by atoms with E-state index in [1.807, 2.05) is 0 Å². The predicted octanol–water partition coefficient (Wildman–Crippen LogP) is 1.06. The second-order valence-corrected chi connectivity index (χ2v) is 3.13. The van der Waals surface area contributed by atoms with Crippen molar-refractivity contribution < 1.29 is 14.3 Å². The molecule has 0 fully saturated rings. The highest BCUT2D eigenvalue weighted by Crippen LogP contribution is 2.24. The first-order valence-electron chi connectivity index (χ1n) is 4.26. The number of carboxylic acids is 1. The van der Waals surface area contributed by atoms with Gasteiger partial charge < -0.3 is 5.11 Å². The third-order valence-electron chi connectivity index (χ3n) is 2.16. The van der Waals surface area contributed by atoms with Gasteiger partial charge in [0.1, 0.15) is 5.52 Å². The zero-order valence-corrected chi connectivity index (χ0v) is 7.88. The van der Waals surface area contributed by atoms with Gasteiger partial charge in [-0.1, -0.05) is 17.3 Å². The van der Waals surface area contributed by atoms with Gasteiger partial charge in [-0.25, -0.2) is 13.9 Å². The predicted molar refractivity (Wildman–Crippen MR) is 50.0 cm³/mol. The first kappa shape index (κ1) is 9.57. The van der Waals surface area contributed by atoms with Crippen LogP contribution in [-0.4, -0.2) is 26.1 Å². The van der Waals surface area contributed by atoms with E-state index in [9.17, 15) is 9.18 Å². The van der Waals surface area contributed by atoms with Gasteiger partial charge >= 0.3 is 5.97 Å². The number of hydrogen-bond donors (Lipinski definition) is 1. The Hall–Kier alpha value is -1.98. The largest absolute Gasteiger partial charge is 0.479 e. The molecule has 15 heavy (non-hydrogen) atoms. The molecule has 1 aromatic heterocycles. The summed E-state index contributed by atoms with van der Waals surface area (Å²) in [4.78, 5) is 10.5. The van der Waals surface area contributed by atoms with Crippen LogP contribution in [0, 0.1) is 0 Å². The van der Waals surface area contributed by atoms with Gasteiger partial charge in [-0.15, -0.1) is 5.10 Å². The van der Waals surface area contributed by atoms with E-state index in [-0.39, 0.29) is 11.1 Å². The monoisotopic (exact) mass is 209 g/mol. The van der Waals surface area contributed by atoms with Crippen LogP contribution in [0.5, 0.6) is 0 Å². The Labute approximate surface area is 84.1 Å². The second-order valence-electron chi connectivity index (χ2n) is 3.13. The van der Waals surface area contributed by atoms with Crippen LogP contribution in [-0.2, 0) is 11.8 Å². The summed E-state index contributed by atoms with van der Waals surface area (Å²) >= 11 is 0. The molecule has 0 radical (unpaired) electrons. The maximum atomic E-state index is 13.3. The lowest BCUT2D eigenvalue weighted by molar-refractivity contribution is -0.142. The minimum atomic E-state index is -2.06. The van der Waals surface area contributed by atoms with Gasteiger partial charge in [-0.2, -0.15) is 0 Å². The van der Waals surface area contributed by atoms with Gasteiger partial charge in [0.15, 0.2) is 0 Å². The minimum Gasteiger partial charge on any atom is -0.479 e. The van der Waals surface area contributed by atoms with Gasteiger partial charge in [0.25, 0.3) is 0 Å². The van der Waals surface area contributed by atoms with E-state index in [0.29, 0.717) is 5.52 Å². The lowest BCUT2D eigenvalue weighted by atomic mass is 10.1. The van der Waals surface area contributed by atoms with Crippen LogP contribution in [0.4, 0.5) is 4.39 Å². The fourth-order valence-corrected chi connectivity index (χ4v) is 1.42. The van der Waals surface area contributed by atoms with E-state index in [2.05, 4.69) is 10.3 Å². The number of halogens is 1. The summed E-state index contributed by atoms with van der Waals surface area (Å²) in [6.45, 7) is 0. The highest BCUT2D eigenvalue weighted by atomic mass is 19.1. The van der Waals surface area contributed by atoms with Crippen molar-refractivity contribution in [3.8, 4) is 0 Å². The number of aryl methyl sites for hydroxylation is 1. The molecule has 1 aromatic carbocycles. The molecule has 0 amide bonds. The van der Waals surface area contributed by atoms with Crippen molar-refractivity contribution >= 4 is 17.0 Å². The molecule has 0 aliphatic carbocycles. The Morgan fingerprint density at radius 1 is 1.60 bits per heavy atom. The molecule has 0 saturated heterocycles. The zero-order valence-electron chi connectivity index (χ0n) is 7.88. The van der Waals surface area contributed by atoms with E-state index >= 15 is 0 Å². The van der Waals surface area contributed by atoms with E-state index in [4.69, 9.17) is 5.11 Å². The molecule has 0 spiro atoms. The standard InChI is InChI=1S/C9H8FN3O2/c1-13-6-4-2-3-5(7(10)9(14)15)8(6)11-12-13/h2-4,7H,1H3,(H,14,15). The fraction of sp³-hybridized carbons (Fsp3) is 0.222. The fourth-order valence-electron chi connectivity index (χ4n) is 1.42. The van der Waals surface area contributed by atoms with E-state index in [0.717, 1.165) is 0 Å². The van der Waals surface area contributed by atoms with Crippen molar-refractivity contribution in [2.75, 3.05) is 0 Å². The SMILES string of the molecule is Cn1nnc2c(C(F)C(=O)O)cccc21. The van der Waals surface area contributed by atoms with Gasteiger partial charge in [-0.05, 0) is 6.07 Å². The van der Waals surface area contributed by atoms with Crippen LogP contribution in [0.15, 0.2) is 18.2 Å². The topological polar surface area (TPSA) is 68.0 Å². The Kier molecular flexibility index (Phi) is 2.11. The van der Waals surface area contributed by atoms with E-state index < -0.39 is 12.1 Å². The molecule has 2 rings (SSSR count). The molecular formula is C9H8FN3O2. The van der Waals surface area contributed by atoms with E-state index in [1.54, 1.807) is 19.2 Å².